The molecule has 1 saturated carbocycles. The summed E-state index contributed by atoms with van der Waals surface area (Å²) in [4.78, 5) is 2.39. The second-order valence-electron chi connectivity index (χ2n) is 6.06. The summed E-state index contributed by atoms with van der Waals surface area (Å²) in [6, 6.07) is 5.02. The van der Waals surface area contributed by atoms with Gasteiger partial charge in [0.15, 0.2) is 0 Å². The van der Waals surface area contributed by atoms with Crippen LogP contribution in [0.5, 0.6) is 0 Å². The Bertz CT molecular complexity index is 468. The van der Waals surface area contributed by atoms with Crippen LogP contribution in [0, 0.1) is 11.6 Å². The van der Waals surface area contributed by atoms with Crippen LogP contribution in [-0.4, -0.2) is 30.1 Å². The Hall–Kier alpha value is -1.00. The summed E-state index contributed by atoms with van der Waals surface area (Å²) in [6.45, 7) is 4.08. The van der Waals surface area contributed by atoms with E-state index in [1.165, 1.54) is 31.7 Å². The third-order valence-electron chi connectivity index (χ3n) is 4.52. The lowest BCUT2D eigenvalue weighted by molar-refractivity contribution is 0.179. The van der Waals surface area contributed by atoms with Crippen molar-refractivity contribution in [1.82, 2.24) is 10.2 Å². The molecule has 1 heterocycles. The molecule has 110 valence electrons. The second-order valence-corrected chi connectivity index (χ2v) is 6.06. The molecule has 0 bridgehead atoms. The van der Waals surface area contributed by atoms with Gasteiger partial charge in [-0.15, -0.1) is 0 Å². The van der Waals surface area contributed by atoms with Gasteiger partial charge in [-0.05, 0) is 45.2 Å². The Morgan fingerprint density at radius 3 is 2.70 bits per heavy atom. The van der Waals surface area contributed by atoms with Crippen molar-refractivity contribution in [2.24, 2.45) is 0 Å². The fraction of sp³-hybridized carbons (Fsp3) is 0.625. The predicted molar refractivity (Wildman–Crippen MR) is 75.5 cm³/mol. The smallest absolute Gasteiger partial charge is 0.130 e. The van der Waals surface area contributed by atoms with Gasteiger partial charge >= 0.3 is 0 Å². The number of rotatable bonds is 5. The zero-order valence-corrected chi connectivity index (χ0v) is 11.9. The first kappa shape index (κ1) is 14.0. The van der Waals surface area contributed by atoms with Crippen molar-refractivity contribution in [3.05, 3.63) is 35.4 Å². The summed E-state index contributed by atoms with van der Waals surface area (Å²) >= 11 is 0. The standard InChI is InChI=1S/C16H22F2N2/c1-11(15-7-4-12(17)9-16(15)18)20(14-5-6-14)10-13-3-2-8-19-13/h4,7,9,11,13-14,19H,2-3,5-6,8,10H2,1H3. The maximum Gasteiger partial charge on any atom is 0.130 e. The van der Waals surface area contributed by atoms with Crippen LogP contribution in [0.3, 0.4) is 0 Å². The van der Waals surface area contributed by atoms with Crippen molar-refractivity contribution < 1.29 is 8.78 Å². The van der Waals surface area contributed by atoms with Gasteiger partial charge < -0.3 is 5.32 Å². The predicted octanol–water partition coefficient (Wildman–Crippen LogP) is 3.24. The maximum absolute atomic E-state index is 14.0. The summed E-state index contributed by atoms with van der Waals surface area (Å²) in [7, 11) is 0. The van der Waals surface area contributed by atoms with Gasteiger partial charge in [0.05, 0.1) is 0 Å². The van der Waals surface area contributed by atoms with Gasteiger partial charge in [0.25, 0.3) is 0 Å². The molecule has 1 aliphatic carbocycles. The molecule has 1 saturated heterocycles. The molecule has 2 fully saturated rings. The lowest BCUT2D eigenvalue weighted by Crippen LogP contribution is -2.40. The van der Waals surface area contributed by atoms with Gasteiger partial charge in [0, 0.05) is 36.3 Å². The minimum atomic E-state index is -0.506. The zero-order chi connectivity index (χ0) is 14.1. The van der Waals surface area contributed by atoms with E-state index in [9.17, 15) is 8.78 Å². The third kappa shape index (κ3) is 3.01. The molecular formula is C16H22F2N2. The molecule has 1 aliphatic heterocycles. The molecule has 0 radical (unpaired) electrons. The van der Waals surface area contributed by atoms with Gasteiger partial charge in [-0.1, -0.05) is 6.07 Å². The molecule has 0 amide bonds. The van der Waals surface area contributed by atoms with E-state index in [4.69, 9.17) is 0 Å². The molecule has 20 heavy (non-hydrogen) atoms. The Morgan fingerprint density at radius 1 is 1.30 bits per heavy atom. The molecule has 2 atom stereocenters. The third-order valence-corrected chi connectivity index (χ3v) is 4.52. The summed E-state index contributed by atoms with van der Waals surface area (Å²) in [5, 5.41) is 3.50. The molecule has 1 N–H and O–H groups in total. The second kappa shape index (κ2) is 5.78. The Labute approximate surface area is 119 Å². The number of nitrogens with one attached hydrogen (secondary N) is 1. The van der Waals surface area contributed by atoms with E-state index in [1.54, 1.807) is 6.07 Å². The van der Waals surface area contributed by atoms with Crippen LogP contribution in [-0.2, 0) is 0 Å². The van der Waals surface area contributed by atoms with E-state index >= 15 is 0 Å². The molecule has 0 spiro atoms. The topological polar surface area (TPSA) is 15.3 Å². The summed E-state index contributed by atoms with van der Waals surface area (Å²) in [6.07, 6.45) is 4.81. The van der Waals surface area contributed by atoms with Crippen LogP contribution in [0.15, 0.2) is 18.2 Å². The highest BCUT2D eigenvalue weighted by Crippen LogP contribution is 2.35. The van der Waals surface area contributed by atoms with E-state index in [1.807, 2.05) is 6.92 Å². The number of benzene rings is 1. The zero-order valence-electron chi connectivity index (χ0n) is 11.9. The normalized spacial score (nSPS) is 24.3. The number of nitrogens with zero attached hydrogens (tertiary/aromatic N) is 1. The van der Waals surface area contributed by atoms with Gasteiger partial charge in [-0.2, -0.15) is 0 Å². The van der Waals surface area contributed by atoms with Crippen LogP contribution in [0.2, 0.25) is 0 Å². The van der Waals surface area contributed by atoms with E-state index in [2.05, 4.69) is 10.2 Å². The highest BCUT2D eigenvalue weighted by Gasteiger charge is 2.35. The van der Waals surface area contributed by atoms with Crippen LogP contribution >= 0.6 is 0 Å². The van der Waals surface area contributed by atoms with Gasteiger partial charge in [0.1, 0.15) is 11.6 Å². The molecule has 2 aliphatic rings. The highest BCUT2D eigenvalue weighted by atomic mass is 19.1. The van der Waals surface area contributed by atoms with Crippen molar-refractivity contribution in [1.29, 1.82) is 0 Å². The Balaban J connectivity index is 1.75. The molecule has 2 nitrogen and oxygen atoms in total. The van der Waals surface area contributed by atoms with Gasteiger partial charge in [-0.3, -0.25) is 4.90 Å². The number of hydrogen-bond acceptors (Lipinski definition) is 2. The van der Waals surface area contributed by atoms with E-state index in [0.717, 1.165) is 19.2 Å². The molecule has 4 heteroatoms. The first-order valence-corrected chi connectivity index (χ1v) is 7.59. The molecule has 0 aromatic heterocycles. The summed E-state index contributed by atoms with van der Waals surface area (Å²) in [5.41, 5.74) is 0.608. The first-order valence-electron chi connectivity index (χ1n) is 7.59. The van der Waals surface area contributed by atoms with Crippen LogP contribution in [0.1, 0.15) is 44.2 Å². The summed E-state index contributed by atoms with van der Waals surface area (Å²) in [5.74, 6) is -0.934. The number of hydrogen-bond donors (Lipinski definition) is 1. The first-order chi connectivity index (χ1) is 9.65. The average molecular weight is 280 g/mol. The van der Waals surface area contributed by atoms with E-state index in [0.29, 0.717) is 17.6 Å². The van der Waals surface area contributed by atoms with Crippen molar-refractivity contribution in [3.8, 4) is 0 Å². The quantitative estimate of drug-likeness (QED) is 0.890. The molecule has 3 rings (SSSR count). The van der Waals surface area contributed by atoms with Crippen molar-refractivity contribution in [2.75, 3.05) is 13.1 Å². The minimum absolute atomic E-state index is 0.00509. The molecule has 1 aromatic carbocycles. The van der Waals surface area contributed by atoms with Gasteiger partial charge in [-0.25, -0.2) is 8.78 Å². The fourth-order valence-corrected chi connectivity index (χ4v) is 3.22. The maximum atomic E-state index is 14.0. The van der Waals surface area contributed by atoms with Crippen LogP contribution < -0.4 is 5.32 Å². The summed E-state index contributed by atoms with van der Waals surface area (Å²) < 4.78 is 27.0. The van der Waals surface area contributed by atoms with E-state index < -0.39 is 11.6 Å². The number of halogens is 2. The highest BCUT2D eigenvalue weighted by molar-refractivity contribution is 5.22. The molecule has 1 aromatic rings. The van der Waals surface area contributed by atoms with Crippen LogP contribution in [0.25, 0.3) is 0 Å². The minimum Gasteiger partial charge on any atom is -0.313 e. The largest absolute Gasteiger partial charge is 0.313 e. The monoisotopic (exact) mass is 280 g/mol. The Morgan fingerprint density at radius 2 is 2.10 bits per heavy atom. The lowest BCUT2D eigenvalue weighted by Gasteiger charge is -2.32. The average Bonchev–Trinajstić information content (AvgIpc) is 3.12. The van der Waals surface area contributed by atoms with E-state index in [-0.39, 0.29) is 6.04 Å². The molecular weight excluding hydrogens is 258 g/mol. The van der Waals surface area contributed by atoms with Crippen molar-refractivity contribution in [3.63, 3.8) is 0 Å². The molecule has 2 unspecified atom stereocenters. The van der Waals surface area contributed by atoms with Crippen molar-refractivity contribution in [2.45, 2.75) is 50.7 Å². The SMILES string of the molecule is CC(c1ccc(F)cc1F)N(CC1CCCN1)C1CC1. The van der Waals surface area contributed by atoms with Crippen molar-refractivity contribution >= 4 is 0 Å². The lowest BCUT2D eigenvalue weighted by atomic mass is 10.0. The van der Waals surface area contributed by atoms with Crippen LogP contribution in [0.4, 0.5) is 8.78 Å². The fourth-order valence-electron chi connectivity index (χ4n) is 3.22. The van der Waals surface area contributed by atoms with Gasteiger partial charge in [0.2, 0.25) is 0 Å². The Kier molecular flexibility index (Phi) is 4.03.